The molecule has 3 rings (SSSR count). The number of ketones is 1. The van der Waals surface area contributed by atoms with Gasteiger partial charge in [-0.05, 0) is 38.2 Å². The predicted molar refractivity (Wildman–Crippen MR) is 72.1 cm³/mol. The van der Waals surface area contributed by atoms with Crippen LogP contribution in [0.3, 0.4) is 0 Å². The van der Waals surface area contributed by atoms with Crippen molar-refractivity contribution in [2.45, 2.75) is 45.1 Å². The van der Waals surface area contributed by atoms with Crippen LogP contribution in [0.15, 0.2) is 12.3 Å². The zero-order chi connectivity index (χ0) is 13.2. The fraction of sp³-hybridized carbons (Fsp3) is 0.600. The highest BCUT2D eigenvalue weighted by Gasteiger charge is 2.23. The van der Waals surface area contributed by atoms with E-state index in [0.717, 1.165) is 50.0 Å². The van der Waals surface area contributed by atoms with Crippen molar-refractivity contribution in [2.75, 3.05) is 13.1 Å². The van der Waals surface area contributed by atoms with Crippen LogP contribution in [0, 0.1) is 0 Å². The molecule has 0 aromatic carbocycles. The van der Waals surface area contributed by atoms with Gasteiger partial charge in [-0.1, -0.05) is 0 Å². The lowest BCUT2D eigenvalue weighted by atomic mass is 9.97. The molecule has 1 aliphatic carbocycles. The third-order valence-corrected chi connectivity index (χ3v) is 4.21. The molecule has 4 nitrogen and oxygen atoms in total. The van der Waals surface area contributed by atoms with Gasteiger partial charge in [-0.2, -0.15) is 0 Å². The summed E-state index contributed by atoms with van der Waals surface area (Å²) in [6, 6.07) is 1.88. The van der Waals surface area contributed by atoms with Crippen molar-refractivity contribution in [3.63, 3.8) is 0 Å². The molecule has 1 amide bonds. The Labute approximate surface area is 113 Å². The standard InChI is InChI=1S/C15H20N2O2/c18-14-6-4-5-13-12(14)7-10-17(13)11-15(19)16-8-2-1-3-9-16/h7,10H,1-6,8-9,11H2. The quantitative estimate of drug-likeness (QED) is 0.816. The maximum Gasteiger partial charge on any atom is 0.242 e. The van der Waals surface area contributed by atoms with Crippen LogP contribution in [-0.4, -0.2) is 34.2 Å². The molecule has 0 unspecified atom stereocenters. The fourth-order valence-corrected chi connectivity index (χ4v) is 3.13. The number of nitrogens with zero attached hydrogens (tertiary/aromatic N) is 2. The SMILES string of the molecule is O=C1CCCc2c1ccn2CC(=O)N1CCCCC1. The number of carbonyl (C=O) groups is 2. The van der Waals surface area contributed by atoms with Crippen LogP contribution < -0.4 is 0 Å². The first-order chi connectivity index (χ1) is 9.25. The number of hydrogen-bond acceptors (Lipinski definition) is 2. The number of rotatable bonds is 2. The van der Waals surface area contributed by atoms with Crippen LogP contribution >= 0.6 is 0 Å². The highest BCUT2D eigenvalue weighted by molar-refractivity contribution is 5.98. The highest BCUT2D eigenvalue weighted by atomic mass is 16.2. The maximum absolute atomic E-state index is 12.3. The molecule has 102 valence electrons. The lowest BCUT2D eigenvalue weighted by Crippen LogP contribution is -2.38. The van der Waals surface area contributed by atoms with Gasteiger partial charge in [0.25, 0.3) is 0 Å². The number of piperidine rings is 1. The molecule has 1 aromatic heterocycles. The molecule has 1 saturated heterocycles. The van der Waals surface area contributed by atoms with Gasteiger partial charge < -0.3 is 9.47 Å². The van der Waals surface area contributed by atoms with Crippen LogP contribution in [0.5, 0.6) is 0 Å². The van der Waals surface area contributed by atoms with E-state index >= 15 is 0 Å². The molecule has 0 saturated carbocycles. The van der Waals surface area contributed by atoms with E-state index in [-0.39, 0.29) is 11.7 Å². The van der Waals surface area contributed by atoms with Crippen molar-refractivity contribution in [2.24, 2.45) is 0 Å². The molecular formula is C15H20N2O2. The van der Waals surface area contributed by atoms with Crippen LogP contribution in [0.25, 0.3) is 0 Å². The van der Waals surface area contributed by atoms with Crippen LogP contribution in [0.4, 0.5) is 0 Å². The molecule has 0 spiro atoms. The molecule has 0 bridgehead atoms. The minimum absolute atomic E-state index is 0.191. The highest BCUT2D eigenvalue weighted by Crippen LogP contribution is 2.22. The molecule has 4 heteroatoms. The van der Waals surface area contributed by atoms with Crippen molar-refractivity contribution in [1.29, 1.82) is 0 Å². The summed E-state index contributed by atoms with van der Waals surface area (Å²) in [6.45, 7) is 2.17. The maximum atomic E-state index is 12.3. The van der Waals surface area contributed by atoms with E-state index in [1.165, 1.54) is 6.42 Å². The molecular weight excluding hydrogens is 240 g/mol. The summed E-state index contributed by atoms with van der Waals surface area (Å²) in [7, 11) is 0. The Hall–Kier alpha value is -1.58. The third kappa shape index (κ3) is 2.44. The Morgan fingerprint density at radius 2 is 1.89 bits per heavy atom. The van der Waals surface area contributed by atoms with Gasteiger partial charge in [-0.3, -0.25) is 9.59 Å². The Morgan fingerprint density at radius 3 is 2.68 bits per heavy atom. The van der Waals surface area contributed by atoms with Gasteiger partial charge in [0.05, 0.1) is 0 Å². The summed E-state index contributed by atoms with van der Waals surface area (Å²) < 4.78 is 1.98. The summed E-state index contributed by atoms with van der Waals surface area (Å²) in [5, 5.41) is 0. The van der Waals surface area contributed by atoms with Gasteiger partial charge in [-0.25, -0.2) is 0 Å². The average Bonchev–Trinajstić information content (AvgIpc) is 2.84. The zero-order valence-corrected chi connectivity index (χ0v) is 11.2. The predicted octanol–water partition coefficient (Wildman–Crippen LogP) is 2.02. The molecule has 2 aliphatic rings. The minimum atomic E-state index is 0.191. The van der Waals surface area contributed by atoms with Crippen molar-refractivity contribution < 1.29 is 9.59 Å². The first-order valence-corrected chi connectivity index (χ1v) is 7.25. The van der Waals surface area contributed by atoms with Gasteiger partial charge in [0.2, 0.25) is 5.91 Å². The molecule has 1 aliphatic heterocycles. The van der Waals surface area contributed by atoms with Gasteiger partial charge >= 0.3 is 0 Å². The van der Waals surface area contributed by atoms with E-state index < -0.39 is 0 Å². The van der Waals surface area contributed by atoms with Crippen molar-refractivity contribution in [3.8, 4) is 0 Å². The first kappa shape index (κ1) is 12.5. The van der Waals surface area contributed by atoms with Crippen molar-refractivity contribution in [1.82, 2.24) is 9.47 Å². The van der Waals surface area contributed by atoms with Gasteiger partial charge in [0, 0.05) is 37.0 Å². The molecule has 1 aromatic rings. The summed E-state index contributed by atoms with van der Waals surface area (Å²) in [4.78, 5) is 26.0. The Morgan fingerprint density at radius 1 is 1.11 bits per heavy atom. The number of amides is 1. The number of hydrogen-bond donors (Lipinski definition) is 0. The van der Waals surface area contributed by atoms with E-state index in [9.17, 15) is 9.59 Å². The monoisotopic (exact) mass is 260 g/mol. The number of aromatic nitrogens is 1. The second-order valence-corrected chi connectivity index (χ2v) is 5.52. The van der Waals surface area contributed by atoms with E-state index in [4.69, 9.17) is 0 Å². The van der Waals surface area contributed by atoms with Crippen molar-refractivity contribution >= 4 is 11.7 Å². The molecule has 19 heavy (non-hydrogen) atoms. The van der Waals surface area contributed by atoms with Crippen LogP contribution in [-0.2, 0) is 17.8 Å². The summed E-state index contributed by atoms with van der Waals surface area (Å²) in [5.74, 6) is 0.418. The Kier molecular flexibility index (Phi) is 3.40. The van der Waals surface area contributed by atoms with Crippen LogP contribution in [0.2, 0.25) is 0 Å². The molecule has 0 atom stereocenters. The largest absolute Gasteiger partial charge is 0.341 e. The third-order valence-electron chi connectivity index (χ3n) is 4.21. The summed E-state index contributed by atoms with van der Waals surface area (Å²) >= 11 is 0. The first-order valence-electron chi connectivity index (χ1n) is 7.25. The topological polar surface area (TPSA) is 42.3 Å². The average molecular weight is 260 g/mol. The fourth-order valence-electron chi connectivity index (χ4n) is 3.13. The van der Waals surface area contributed by atoms with Gasteiger partial charge in [0.15, 0.2) is 5.78 Å². The van der Waals surface area contributed by atoms with E-state index in [2.05, 4.69) is 0 Å². The normalized spacial score (nSPS) is 19.4. The molecule has 0 radical (unpaired) electrons. The lowest BCUT2D eigenvalue weighted by molar-refractivity contribution is -0.132. The number of likely N-dealkylation sites (tertiary alicyclic amines) is 1. The zero-order valence-electron chi connectivity index (χ0n) is 11.2. The second-order valence-electron chi connectivity index (χ2n) is 5.52. The van der Waals surface area contributed by atoms with Gasteiger partial charge in [0.1, 0.15) is 6.54 Å². The number of fused-ring (bicyclic) bond motifs is 1. The van der Waals surface area contributed by atoms with E-state index in [1.54, 1.807) is 0 Å². The van der Waals surface area contributed by atoms with Crippen LogP contribution in [0.1, 0.15) is 48.2 Å². The number of Topliss-reactive ketones (excluding diaryl/α,β-unsaturated/α-hetero) is 1. The minimum Gasteiger partial charge on any atom is -0.341 e. The van der Waals surface area contributed by atoms with Crippen molar-refractivity contribution in [3.05, 3.63) is 23.5 Å². The van der Waals surface area contributed by atoms with Gasteiger partial charge in [-0.15, -0.1) is 0 Å². The van der Waals surface area contributed by atoms with E-state index in [0.29, 0.717) is 13.0 Å². The second kappa shape index (κ2) is 5.19. The summed E-state index contributed by atoms with van der Waals surface area (Å²) in [6.07, 6.45) is 7.85. The number of carbonyl (C=O) groups excluding carboxylic acids is 2. The smallest absolute Gasteiger partial charge is 0.242 e. The molecule has 0 N–H and O–H groups in total. The Bertz CT molecular complexity index is 498. The Balaban J connectivity index is 1.73. The molecule has 1 fully saturated rings. The van der Waals surface area contributed by atoms with E-state index in [1.807, 2.05) is 21.7 Å². The molecule has 2 heterocycles. The summed E-state index contributed by atoms with van der Waals surface area (Å²) in [5.41, 5.74) is 1.89. The lowest BCUT2D eigenvalue weighted by Gasteiger charge is -2.27.